The van der Waals surface area contributed by atoms with Crippen LogP contribution in [0.1, 0.15) is 21.5 Å². The molecule has 0 atom stereocenters. The predicted octanol–water partition coefficient (Wildman–Crippen LogP) is 6.32. The van der Waals surface area contributed by atoms with Crippen LogP contribution in [0.5, 0.6) is 5.75 Å². The largest absolute Gasteiger partial charge is 0.487 e. The molecule has 0 unspecified atom stereocenters. The molecular formula is C21H15Br3N2O2. The van der Waals surface area contributed by atoms with Gasteiger partial charge >= 0.3 is 0 Å². The highest BCUT2D eigenvalue weighted by Crippen LogP contribution is 2.32. The maximum atomic E-state index is 12.2. The first-order valence-electron chi connectivity index (χ1n) is 8.27. The van der Waals surface area contributed by atoms with Crippen LogP contribution in [-0.4, -0.2) is 12.1 Å². The van der Waals surface area contributed by atoms with E-state index in [0.717, 1.165) is 24.5 Å². The molecule has 0 bridgehead atoms. The average Bonchev–Trinajstić information content (AvgIpc) is 2.68. The van der Waals surface area contributed by atoms with Gasteiger partial charge < -0.3 is 4.74 Å². The normalized spacial score (nSPS) is 10.8. The van der Waals surface area contributed by atoms with Crippen molar-refractivity contribution in [3.63, 3.8) is 0 Å². The van der Waals surface area contributed by atoms with Crippen LogP contribution in [0, 0.1) is 0 Å². The van der Waals surface area contributed by atoms with Crippen LogP contribution in [0.2, 0.25) is 0 Å². The molecule has 3 rings (SSSR count). The van der Waals surface area contributed by atoms with Crippen molar-refractivity contribution in [1.29, 1.82) is 0 Å². The standard InChI is InChI=1S/C21H15Br3N2O2/c22-17-8-6-15(7-9-17)21(27)26-25-12-16-10-18(23)11-19(24)20(16)28-13-14-4-2-1-3-5-14/h1-12H,13H2,(H,26,27)/b25-12+. The predicted molar refractivity (Wildman–Crippen MR) is 122 cm³/mol. The second kappa shape index (κ2) is 10.0. The van der Waals surface area contributed by atoms with Crippen LogP contribution in [-0.2, 0) is 6.61 Å². The number of hydrazone groups is 1. The zero-order chi connectivity index (χ0) is 19.9. The number of amides is 1. The first kappa shape index (κ1) is 20.8. The topological polar surface area (TPSA) is 50.7 Å². The summed E-state index contributed by atoms with van der Waals surface area (Å²) in [5, 5.41) is 4.08. The molecule has 0 heterocycles. The van der Waals surface area contributed by atoms with Crippen LogP contribution in [0.15, 0.2) is 85.2 Å². The van der Waals surface area contributed by atoms with Gasteiger partial charge in [-0.2, -0.15) is 5.10 Å². The van der Waals surface area contributed by atoms with Crippen molar-refractivity contribution in [2.45, 2.75) is 6.61 Å². The van der Waals surface area contributed by atoms with Crippen molar-refractivity contribution < 1.29 is 9.53 Å². The summed E-state index contributed by atoms with van der Waals surface area (Å²) in [5.74, 6) is 0.360. The number of hydrogen-bond donors (Lipinski definition) is 1. The number of nitrogens with one attached hydrogen (secondary N) is 1. The first-order valence-corrected chi connectivity index (χ1v) is 10.7. The second-order valence-electron chi connectivity index (χ2n) is 5.79. The number of rotatable bonds is 6. The molecular weight excluding hydrogens is 552 g/mol. The Hall–Kier alpha value is -1.96. The maximum absolute atomic E-state index is 12.2. The Bertz CT molecular complexity index is 991. The first-order chi connectivity index (χ1) is 13.5. The SMILES string of the molecule is O=C(N/N=C/c1cc(Br)cc(Br)c1OCc1ccccc1)c1ccc(Br)cc1. The third-order valence-corrected chi connectivity index (χ3v) is 5.31. The zero-order valence-electron chi connectivity index (χ0n) is 14.5. The summed E-state index contributed by atoms with van der Waals surface area (Å²) >= 11 is 10.3. The Kier molecular flexibility index (Phi) is 7.42. The minimum absolute atomic E-state index is 0.287. The third kappa shape index (κ3) is 5.77. The zero-order valence-corrected chi connectivity index (χ0v) is 19.3. The van der Waals surface area contributed by atoms with Crippen molar-refractivity contribution >= 4 is 59.9 Å². The molecule has 0 aliphatic rings. The van der Waals surface area contributed by atoms with Gasteiger partial charge in [0.25, 0.3) is 5.91 Å². The van der Waals surface area contributed by atoms with Gasteiger partial charge in [-0.15, -0.1) is 0 Å². The van der Waals surface area contributed by atoms with Gasteiger partial charge in [0.15, 0.2) is 0 Å². The minimum Gasteiger partial charge on any atom is -0.487 e. The van der Waals surface area contributed by atoms with Gasteiger partial charge in [0.05, 0.1) is 10.7 Å². The average molecular weight is 567 g/mol. The lowest BCUT2D eigenvalue weighted by molar-refractivity contribution is 0.0955. The molecule has 1 N–H and O–H groups in total. The lowest BCUT2D eigenvalue weighted by Gasteiger charge is -2.12. The molecule has 28 heavy (non-hydrogen) atoms. The van der Waals surface area contributed by atoms with Crippen molar-refractivity contribution in [3.05, 3.63) is 96.8 Å². The van der Waals surface area contributed by atoms with E-state index in [4.69, 9.17) is 4.74 Å². The molecule has 1 amide bonds. The molecule has 7 heteroatoms. The molecule has 3 aromatic rings. The maximum Gasteiger partial charge on any atom is 0.271 e. The van der Waals surface area contributed by atoms with Crippen molar-refractivity contribution in [3.8, 4) is 5.75 Å². The van der Waals surface area contributed by atoms with E-state index in [1.54, 1.807) is 30.5 Å². The van der Waals surface area contributed by atoms with Crippen LogP contribution in [0.25, 0.3) is 0 Å². The molecule has 0 aromatic heterocycles. The lowest BCUT2D eigenvalue weighted by atomic mass is 10.2. The van der Waals surface area contributed by atoms with Gasteiger partial charge in [-0.05, 0) is 57.9 Å². The number of carbonyl (C=O) groups excluding carboxylic acids is 1. The number of carbonyl (C=O) groups is 1. The summed E-state index contributed by atoms with van der Waals surface area (Å²) in [5.41, 5.74) is 4.85. The summed E-state index contributed by atoms with van der Waals surface area (Å²) in [6.07, 6.45) is 1.56. The second-order valence-corrected chi connectivity index (χ2v) is 8.47. The monoisotopic (exact) mass is 564 g/mol. The summed E-state index contributed by atoms with van der Waals surface area (Å²) in [6, 6.07) is 20.7. The number of ether oxygens (including phenoxy) is 1. The molecule has 3 aromatic carbocycles. The van der Waals surface area contributed by atoms with E-state index in [0.29, 0.717) is 17.9 Å². The number of nitrogens with zero attached hydrogens (tertiary/aromatic N) is 1. The Morgan fingerprint density at radius 2 is 1.68 bits per heavy atom. The Morgan fingerprint density at radius 1 is 0.964 bits per heavy atom. The molecule has 0 fully saturated rings. The van der Waals surface area contributed by atoms with Crippen molar-refractivity contribution in [1.82, 2.24) is 5.43 Å². The quantitative estimate of drug-likeness (QED) is 0.280. The van der Waals surface area contributed by atoms with Gasteiger partial charge in [0, 0.05) is 20.1 Å². The molecule has 4 nitrogen and oxygen atoms in total. The molecule has 0 saturated carbocycles. The molecule has 0 aliphatic carbocycles. The van der Waals surface area contributed by atoms with Crippen LogP contribution >= 0.6 is 47.8 Å². The highest BCUT2D eigenvalue weighted by molar-refractivity contribution is 9.11. The van der Waals surface area contributed by atoms with E-state index >= 15 is 0 Å². The Labute approximate surface area is 188 Å². The van der Waals surface area contributed by atoms with E-state index in [2.05, 4.69) is 58.3 Å². The lowest BCUT2D eigenvalue weighted by Crippen LogP contribution is -2.17. The molecule has 142 valence electrons. The fourth-order valence-electron chi connectivity index (χ4n) is 2.38. The number of hydrogen-bond acceptors (Lipinski definition) is 3. The van der Waals surface area contributed by atoms with Gasteiger partial charge in [0.2, 0.25) is 0 Å². The van der Waals surface area contributed by atoms with E-state index in [-0.39, 0.29) is 5.91 Å². The van der Waals surface area contributed by atoms with E-state index in [1.165, 1.54) is 0 Å². The van der Waals surface area contributed by atoms with E-state index < -0.39 is 0 Å². The third-order valence-electron chi connectivity index (χ3n) is 3.74. The van der Waals surface area contributed by atoms with Crippen LogP contribution in [0.4, 0.5) is 0 Å². The smallest absolute Gasteiger partial charge is 0.271 e. The van der Waals surface area contributed by atoms with E-state index in [1.807, 2.05) is 42.5 Å². The van der Waals surface area contributed by atoms with E-state index in [9.17, 15) is 4.79 Å². The molecule has 0 spiro atoms. The van der Waals surface area contributed by atoms with Crippen molar-refractivity contribution in [2.24, 2.45) is 5.10 Å². The minimum atomic E-state index is -0.287. The summed E-state index contributed by atoms with van der Waals surface area (Å²) in [7, 11) is 0. The van der Waals surface area contributed by atoms with Gasteiger partial charge in [0.1, 0.15) is 12.4 Å². The highest BCUT2D eigenvalue weighted by Gasteiger charge is 2.10. The molecule has 0 aliphatic heterocycles. The fraction of sp³-hybridized carbons (Fsp3) is 0.0476. The van der Waals surface area contributed by atoms with Gasteiger partial charge in [-0.1, -0.05) is 62.2 Å². The fourth-order valence-corrected chi connectivity index (χ4v) is 4.02. The van der Waals surface area contributed by atoms with Crippen LogP contribution in [0.3, 0.4) is 0 Å². The highest BCUT2D eigenvalue weighted by atomic mass is 79.9. The van der Waals surface area contributed by atoms with Crippen molar-refractivity contribution in [2.75, 3.05) is 0 Å². The summed E-state index contributed by atoms with van der Waals surface area (Å²) < 4.78 is 8.55. The number of halogens is 3. The van der Waals surface area contributed by atoms with Gasteiger partial charge in [-0.25, -0.2) is 5.43 Å². The Morgan fingerprint density at radius 3 is 2.39 bits per heavy atom. The molecule has 0 saturated heterocycles. The Balaban J connectivity index is 1.74. The number of benzene rings is 3. The summed E-state index contributed by atoms with van der Waals surface area (Å²) in [4.78, 5) is 12.2. The molecule has 0 radical (unpaired) electrons. The van der Waals surface area contributed by atoms with Gasteiger partial charge in [-0.3, -0.25) is 4.79 Å². The van der Waals surface area contributed by atoms with Crippen LogP contribution < -0.4 is 10.2 Å². The summed E-state index contributed by atoms with van der Waals surface area (Å²) in [6.45, 7) is 0.424.